The molecule has 0 aliphatic carbocycles. The molecule has 1 rings (SSSR count). The first-order valence-corrected chi connectivity index (χ1v) is 6.66. The number of anilines is 1. The summed E-state index contributed by atoms with van der Waals surface area (Å²) in [6.07, 6.45) is 1.48. The molecule has 0 aliphatic heterocycles. The maximum Gasteiger partial charge on any atom is 0.310 e. The zero-order valence-electron chi connectivity index (χ0n) is 8.47. The van der Waals surface area contributed by atoms with Gasteiger partial charge in [0.05, 0.1) is 13.5 Å². The third-order valence-electron chi connectivity index (χ3n) is 1.56. The van der Waals surface area contributed by atoms with Gasteiger partial charge in [-0.1, -0.05) is 0 Å². The highest BCUT2D eigenvalue weighted by atomic mass is 32.2. The number of carbonyl (C=O) groups is 1. The number of sulfonamides is 1. The number of methoxy groups -OCH3 is 1. The fourth-order valence-electron chi connectivity index (χ4n) is 0.826. The van der Waals surface area contributed by atoms with Gasteiger partial charge >= 0.3 is 5.97 Å². The summed E-state index contributed by atoms with van der Waals surface area (Å²) in [6, 6.07) is 0. The van der Waals surface area contributed by atoms with E-state index in [-0.39, 0.29) is 11.6 Å². The molecule has 0 spiro atoms. The number of nitrogens with zero attached hydrogens (tertiary/aromatic N) is 1. The Morgan fingerprint density at radius 1 is 1.69 bits per heavy atom. The fourth-order valence-corrected chi connectivity index (χ4v) is 2.42. The number of esters is 1. The second kappa shape index (κ2) is 5.23. The zero-order chi connectivity index (χ0) is 12.2. The minimum absolute atomic E-state index is 0.0680. The molecule has 90 valence electrons. The average molecular weight is 265 g/mol. The van der Waals surface area contributed by atoms with Gasteiger partial charge in [0.2, 0.25) is 10.0 Å². The maximum absolute atomic E-state index is 11.1. The predicted molar refractivity (Wildman–Crippen MR) is 59.4 cm³/mol. The van der Waals surface area contributed by atoms with Crippen molar-refractivity contribution in [3.63, 3.8) is 0 Å². The normalized spacial score (nSPS) is 11.1. The quantitative estimate of drug-likeness (QED) is 0.695. The van der Waals surface area contributed by atoms with Gasteiger partial charge in [-0.15, -0.1) is 11.3 Å². The Kier molecular flexibility index (Phi) is 4.21. The molecule has 0 atom stereocenters. The van der Waals surface area contributed by atoms with Gasteiger partial charge in [0.15, 0.2) is 5.13 Å². The number of hydrogen-bond acceptors (Lipinski definition) is 7. The molecule has 0 aliphatic rings. The summed E-state index contributed by atoms with van der Waals surface area (Å²) < 4.78 is 28.8. The molecular formula is C7H11N3O4S2. The summed E-state index contributed by atoms with van der Waals surface area (Å²) in [5.74, 6) is -0.921. The topological polar surface area (TPSA) is 111 Å². The van der Waals surface area contributed by atoms with E-state index in [2.05, 4.69) is 14.4 Å². The molecule has 0 bridgehead atoms. The minimum atomic E-state index is -3.53. The maximum atomic E-state index is 11.1. The van der Waals surface area contributed by atoms with Gasteiger partial charge in [0.25, 0.3) is 0 Å². The third-order valence-corrected chi connectivity index (χ3v) is 3.55. The molecule has 1 aromatic rings. The van der Waals surface area contributed by atoms with Crippen LogP contribution in [0.5, 0.6) is 0 Å². The van der Waals surface area contributed by atoms with Crippen molar-refractivity contribution in [2.75, 3.05) is 17.7 Å². The van der Waals surface area contributed by atoms with Crippen molar-refractivity contribution in [1.82, 2.24) is 4.98 Å². The van der Waals surface area contributed by atoms with E-state index in [1.54, 1.807) is 0 Å². The van der Waals surface area contributed by atoms with Gasteiger partial charge in [-0.2, -0.15) is 0 Å². The lowest BCUT2D eigenvalue weighted by Gasteiger charge is -1.99. The van der Waals surface area contributed by atoms with Crippen LogP contribution in [0.15, 0.2) is 6.20 Å². The highest BCUT2D eigenvalue weighted by molar-refractivity contribution is 7.92. The molecule has 0 radical (unpaired) electrons. The van der Waals surface area contributed by atoms with Gasteiger partial charge in [-0.3, -0.25) is 9.52 Å². The number of nitrogens with two attached hydrogens (primary N) is 1. The van der Waals surface area contributed by atoms with E-state index in [4.69, 9.17) is 5.73 Å². The van der Waals surface area contributed by atoms with Crippen LogP contribution in [0.4, 0.5) is 5.13 Å². The third kappa shape index (κ3) is 3.76. The Bertz CT molecular complexity index is 468. The molecule has 0 fully saturated rings. The summed E-state index contributed by atoms with van der Waals surface area (Å²) >= 11 is 1.06. The van der Waals surface area contributed by atoms with Crippen LogP contribution in [0.1, 0.15) is 4.88 Å². The molecule has 0 saturated carbocycles. The smallest absolute Gasteiger partial charge is 0.310 e. The highest BCUT2D eigenvalue weighted by Gasteiger charge is 2.12. The minimum Gasteiger partial charge on any atom is -0.469 e. The summed E-state index contributed by atoms with van der Waals surface area (Å²) in [6.45, 7) is 0. The van der Waals surface area contributed by atoms with E-state index < -0.39 is 21.9 Å². The first kappa shape index (κ1) is 12.9. The molecule has 0 amide bonds. The lowest BCUT2D eigenvalue weighted by atomic mass is 10.4. The van der Waals surface area contributed by atoms with Crippen LogP contribution >= 0.6 is 11.3 Å². The van der Waals surface area contributed by atoms with Crippen molar-refractivity contribution >= 4 is 32.5 Å². The average Bonchev–Trinajstić information content (AvgIpc) is 2.64. The lowest BCUT2D eigenvalue weighted by molar-refractivity contribution is -0.139. The van der Waals surface area contributed by atoms with Gasteiger partial charge in [0, 0.05) is 11.1 Å². The van der Waals surface area contributed by atoms with Crippen molar-refractivity contribution in [2.24, 2.45) is 5.73 Å². The SMILES string of the molecule is COC(=O)Cc1cnc(NS(=O)(=O)CN)s1. The first-order chi connectivity index (χ1) is 7.46. The van der Waals surface area contributed by atoms with Gasteiger partial charge < -0.3 is 10.5 Å². The summed E-state index contributed by atoms with van der Waals surface area (Å²) in [5, 5.41) is 0.185. The molecule has 0 saturated heterocycles. The van der Waals surface area contributed by atoms with E-state index >= 15 is 0 Å². The van der Waals surface area contributed by atoms with Crippen LogP contribution in [0.2, 0.25) is 0 Å². The van der Waals surface area contributed by atoms with Crippen molar-refractivity contribution in [1.29, 1.82) is 0 Å². The first-order valence-electron chi connectivity index (χ1n) is 4.19. The summed E-state index contributed by atoms with van der Waals surface area (Å²) in [7, 11) is -2.25. The van der Waals surface area contributed by atoms with E-state index in [0.717, 1.165) is 11.3 Å². The van der Waals surface area contributed by atoms with Gasteiger partial charge in [0.1, 0.15) is 5.88 Å². The van der Waals surface area contributed by atoms with Crippen molar-refractivity contribution in [3.8, 4) is 0 Å². The van der Waals surface area contributed by atoms with Crippen molar-refractivity contribution in [2.45, 2.75) is 6.42 Å². The number of hydrogen-bond donors (Lipinski definition) is 2. The molecule has 3 N–H and O–H groups in total. The number of aromatic nitrogens is 1. The van der Waals surface area contributed by atoms with Crippen molar-refractivity contribution < 1.29 is 17.9 Å². The van der Waals surface area contributed by atoms with Gasteiger partial charge in [-0.05, 0) is 0 Å². The zero-order valence-corrected chi connectivity index (χ0v) is 10.1. The Hall–Kier alpha value is -1.19. The highest BCUT2D eigenvalue weighted by Crippen LogP contribution is 2.19. The molecular weight excluding hydrogens is 254 g/mol. The summed E-state index contributed by atoms with van der Waals surface area (Å²) in [4.78, 5) is 15.3. The number of nitrogens with one attached hydrogen (secondary N) is 1. The fraction of sp³-hybridized carbons (Fsp3) is 0.429. The van der Waals surface area contributed by atoms with E-state index in [1.807, 2.05) is 0 Å². The Balaban J connectivity index is 2.69. The lowest BCUT2D eigenvalue weighted by Crippen LogP contribution is -2.21. The van der Waals surface area contributed by atoms with Crippen molar-refractivity contribution in [3.05, 3.63) is 11.1 Å². The van der Waals surface area contributed by atoms with Gasteiger partial charge in [-0.25, -0.2) is 13.4 Å². The van der Waals surface area contributed by atoms with Crippen LogP contribution in [0.25, 0.3) is 0 Å². The molecule has 16 heavy (non-hydrogen) atoms. The van der Waals surface area contributed by atoms with Crippen LogP contribution in [-0.4, -0.2) is 32.4 Å². The number of carbonyl (C=O) groups excluding carboxylic acids is 1. The second-order valence-electron chi connectivity index (χ2n) is 2.77. The van der Waals surface area contributed by atoms with E-state index in [9.17, 15) is 13.2 Å². The van der Waals surface area contributed by atoms with E-state index in [0.29, 0.717) is 4.88 Å². The second-order valence-corrected chi connectivity index (χ2v) is 5.65. The molecule has 1 aromatic heterocycles. The molecule has 0 aromatic carbocycles. The van der Waals surface area contributed by atoms with Crippen LogP contribution in [0.3, 0.4) is 0 Å². The molecule has 0 unspecified atom stereocenters. The Morgan fingerprint density at radius 2 is 2.38 bits per heavy atom. The van der Waals surface area contributed by atoms with Crippen LogP contribution in [-0.2, 0) is 26.0 Å². The van der Waals surface area contributed by atoms with Crippen LogP contribution < -0.4 is 10.5 Å². The molecule has 9 heteroatoms. The monoisotopic (exact) mass is 265 g/mol. The standard InChI is InChI=1S/C7H11N3O4S2/c1-14-6(11)2-5-3-9-7(15-5)10-16(12,13)4-8/h3H,2,4,8H2,1H3,(H,9,10). The number of rotatable bonds is 5. The number of thiazole rings is 1. The number of ether oxygens (including phenoxy) is 1. The van der Waals surface area contributed by atoms with Crippen LogP contribution in [0, 0.1) is 0 Å². The molecule has 1 heterocycles. The Labute approximate surface area is 96.7 Å². The summed E-state index contributed by atoms with van der Waals surface area (Å²) in [5.41, 5.74) is 5.02. The Morgan fingerprint density at radius 3 is 2.94 bits per heavy atom. The largest absolute Gasteiger partial charge is 0.469 e. The molecule has 7 nitrogen and oxygen atoms in total. The van der Waals surface area contributed by atoms with E-state index in [1.165, 1.54) is 13.3 Å². The predicted octanol–water partition coefficient (Wildman–Crippen LogP) is -0.483.